The fourth-order valence-corrected chi connectivity index (χ4v) is 1.71. The summed E-state index contributed by atoms with van der Waals surface area (Å²) in [5.41, 5.74) is 7.90. The van der Waals surface area contributed by atoms with Crippen molar-refractivity contribution in [3.8, 4) is 0 Å². The number of nitrogen functional groups attached to an aromatic ring is 1. The fourth-order valence-electron chi connectivity index (χ4n) is 1.71. The van der Waals surface area contributed by atoms with Crippen molar-refractivity contribution in [3.63, 3.8) is 0 Å². The van der Waals surface area contributed by atoms with Crippen molar-refractivity contribution >= 4 is 11.6 Å². The van der Waals surface area contributed by atoms with Crippen LogP contribution in [0.2, 0.25) is 0 Å². The van der Waals surface area contributed by atoms with Crippen molar-refractivity contribution in [2.75, 3.05) is 5.73 Å². The first-order valence-corrected chi connectivity index (χ1v) is 5.78. The second-order valence-corrected chi connectivity index (χ2v) is 4.28. The van der Waals surface area contributed by atoms with E-state index in [4.69, 9.17) is 10.2 Å². The molecule has 1 aromatic carbocycles. The Hall–Kier alpha value is -2.23. The van der Waals surface area contributed by atoms with Crippen LogP contribution in [-0.4, -0.2) is 5.91 Å². The van der Waals surface area contributed by atoms with Crippen LogP contribution in [0.4, 0.5) is 5.69 Å². The van der Waals surface area contributed by atoms with E-state index >= 15 is 0 Å². The summed E-state index contributed by atoms with van der Waals surface area (Å²) in [6.07, 6.45) is 1.59. The highest BCUT2D eigenvalue weighted by Crippen LogP contribution is 2.16. The van der Waals surface area contributed by atoms with Gasteiger partial charge in [0.2, 0.25) is 0 Å². The van der Waals surface area contributed by atoms with Crippen molar-refractivity contribution in [2.45, 2.75) is 19.9 Å². The van der Waals surface area contributed by atoms with Gasteiger partial charge in [-0.3, -0.25) is 4.79 Å². The number of nitrogens with two attached hydrogens (primary N) is 1. The lowest BCUT2D eigenvalue weighted by Gasteiger charge is -2.12. The van der Waals surface area contributed by atoms with Gasteiger partial charge in [-0.15, -0.1) is 0 Å². The Labute approximate surface area is 106 Å². The van der Waals surface area contributed by atoms with E-state index in [0.29, 0.717) is 11.3 Å². The molecule has 1 aromatic heterocycles. The molecule has 0 unspecified atom stereocenters. The van der Waals surface area contributed by atoms with Gasteiger partial charge in [0.05, 0.1) is 12.3 Å². The first-order valence-electron chi connectivity index (χ1n) is 5.78. The third-order valence-corrected chi connectivity index (χ3v) is 2.85. The van der Waals surface area contributed by atoms with Crippen molar-refractivity contribution in [1.29, 1.82) is 0 Å². The van der Waals surface area contributed by atoms with Gasteiger partial charge < -0.3 is 15.5 Å². The fraction of sp³-hybridized carbons (Fsp3) is 0.214. The average Bonchev–Trinajstić information content (AvgIpc) is 2.86. The van der Waals surface area contributed by atoms with E-state index in [1.807, 2.05) is 19.9 Å². The van der Waals surface area contributed by atoms with Crippen LogP contribution >= 0.6 is 0 Å². The predicted molar refractivity (Wildman–Crippen MR) is 70.2 cm³/mol. The second-order valence-electron chi connectivity index (χ2n) is 4.28. The highest BCUT2D eigenvalue weighted by atomic mass is 16.3. The number of nitrogens with one attached hydrogen (secondary N) is 1. The first kappa shape index (κ1) is 12.2. The van der Waals surface area contributed by atoms with Gasteiger partial charge in [0, 0.05) is 11.3 Å². The Kier molecular flexibility index (Phi) is 3.37. The molecule has 0 bridgehead atoms. The topological polar surface area (TPSA) is 68.3 Å². The second kappa shape index (κ2) is 4.96. The zero-order valence-corrected chi connectivity index (χ0v) is 10.4. The molecule has 2 aromatic rings. The van der Waals surface area contributed by atoms with Crippen LogP contribution in [0.15, 0.2) is 41.0 Å². The smallest absolute Gasteiger partial charge is 0.251 e. The van der Waals surface area contributed by atoms with E-state index in [2.05, 4.69) is 5.32 Å². The Morgan fingerprint density at radius 1 is 1.39 bits per heavy atom. The van der Waals surface area contributed by atoms with E-state index in [-0.39, 0.29) is 11.9 Å². The molecule has 0 fully saturated rings. The van der Waals surface area contributed by atoms with E-state index in [1.54, 1.807) is 30.5 Å². The van der Waals surface area contributed by atoms with Crippen molar-refractivity contribution in [2.24, 2.45) is 0 Å². The molecule has 1 amide bonds. The Morgan fingerprint density at radius 3 is 2.78 bits per heavy atom. The Bertz CT molecular complexity index is 547. The third kappa shape index (κ3) is 2.53. The van der Waals surface area contributed by atoms with Gasteiger partial charge in [0.25, 0.3) is 5.91 Å². The molecule has 4 nitrogen and oxygen atoms in total. The Balaban J connectivity index is 2.10. The molecule has 0 saturated carbocycles. The van der Waals surface area contributed by atoms with Gasteiger partial charge in [-0.2, -0.15) is 0 Å². The number of anilines is 1. The number of aryl methyl sites for hydroxylation is 1. The molecule has 0 aliphatic rings. The van der Waals surface area contributed by atoms with Crippen molar-refractivity contribution in [3.05, 3.63) is 53.5 Å². The summed E-state index contributed by atoms with van der Waals surface area (Å²) in [7, 11) is 0. The highest BCUT2D eigenvalue weighted by Gasteiger charge is 2.13. The molecule has 0 saturated heterocycles. The molecule has 18 heavy (non-hydrogen) atoms. The summed E-state index contributed by atoms with van der Waals surface area (Å²) in [6.45, 7) is 3.75. The minimum atomic E-state index is -0.162. The van der Waals surface area contributed by atoms with Crippen molar-refractivity contribution in [1.82, 2.24) is 5.32 Å². The molecular weight excluding hydrogens is 228 g/mol. The average molecular weight is 244 g/mol. The Morgan fingerprint density at radius 2 is 2.17 bits per heavy atom. The normalized spacial score (nSPS) is 12.1. The van der Waals surface area contributed by atoms with Gasteiger partial charge in [-0.25, -0.2) is 0 Å². The van der Waals surface area contributed by atoms with Gasteiger partial charge >= 0.3 is 0 Å². The molecule has 0 aliphatic heterocycles. The quantitative estimate of drug-likeness (QED) is 0.815. The van der Waals surface area contributed by atoms with E-state index in [9.17, 15) is 4.79 Å². The number of hydrogen-bond acceptors (Lipinski definition) is 3. The van der Waals surface area contributed by atoms with E-state index in [0.717, 1.165) is 11.3 Å². The monoisotopic (exact) mass is 244 g/mol. The maximum absolute atomic E-state index is 12.0. The molecule has 94 valence electrons. The number of rotatable bonds is 3. The minimum absolute atomic E-state index is 0.137. The molecule has 4 heteroatoms. The standard InChI is InChI=1S/C14H16N2O2/c1-9-8-11(5-6-12(9)15)14(17)16-10(2)13-4-3-7-18-13/h3-8,10H,15H2,1-2H3,(H,16,17)/t10-/m0/s1. The maximum Gasteiger partial charge on any atom is 0.251 e. The van der Waals surface area contributed by atoms with Gasteiger partial charge in [-0.05, 0) is 49.7 Å². The lowest BCUT2D eigenvalue weighted by atomic mass is 10.1. The number of benzene rings is 1. The van der Waals surface area contributed by atoms with Crippen LogP contribution in [0.25, 0.3) is 0 Å². The summed E-state index contributed by atoms with van der Waals surface area (Å²) >= 11 is 0. The van der Waals surface area contributed by atoms with E-state index < -0.39 is 0 Å². The third-order valence-electron chi connectivity index (χ3n) is 2.85. The first-order chi connectivity index (χ1) is 8.58. The zero-order valence-electron chi connectivity index (χ0n) is 10.4. The zero-order chi connectivity index (χ0) is 13.1. The number of carbonyl (C=O) groups excluding carboxylic acids is 1. The minimum Gasteiger partial charge on any atom is -0.467 e. The maximum atomic E-state index is 12.0. The summed E-state index contributed by atoms with van der Waals surface area (Å²) in [5, 5.41) is 2.87. The summed E-state index contributed by atoms with van der Waals surface area (Å²) < 4.78 is 5.24. The largest absolute Gasteiger partial charge is 0.467 e. The molecule has 2 rings (SSSR count). The molecule has 0 aliphatic carbocycles. The number of furan rings is 1. The highest BCUT2D eigenvalue weighted by molar-refractivity contribution is 5.95. The van der Waals surface area contributed by atoms with E-state index in [1.165, 1.54) is 0 Å². The summed E-state index contributed by atoms with van der Waals surface area (Å²) in [6, 6.07) is 8.70. The number of carbonyl (C=O) groups is 1. The van der Waals surface area contributed by atoms with Crippen LogP contribution in [0, 0.1) is 6.92 Å². The van der Waals surface area contributed by atoms with Gasteiger partial charge in [-0.1, -0.05) is 0 Å². The van der Waals surface area contributed by atoms with Crippen LogP contribution in [0.5, 0.6) is 0 Å². The van der Waals surface area contributed by atoms with Crippen molar-refractivity contribution < 1.29 is 9.21 Å². The molecule has 1 heterocycles. The number of hydrogen-bond donors (Lipinski definition) is 2. The lowest BCUT2D eigenvalue weighted by Crippen LogP contribution is -2.26. The van der Waals surface area contributed by atoms with Gasteiger partial charge in [0.15, 0.2) is 0 Å². The van der Waals surface area contributed by atoms with Gasteiger partial charge in [0.1, 0.15) is 5.76 Å². The lowest BCUT2D eigenvalue weighted by molar-refractivity contribution is 0.0935. The summed E-state index contributed by atoms with van der Waals surface area (Å²) in [4.78, 5) is 12.0. The summed E-state index contributed by atoms with van der Waals surface area (Å²) in [5.74, 6) is 0.595. The van der Waals surface area contributed by atoms with Crippen LogP contribution in [-0.2, 0) is 0 Å². The molecule has 0 spiro atoms. The number of amides is 1. The SMILES string of the molecule is Cc1cc(C(=O)N[C@@H](C)c2ccco2)ccc1N. The molecular formula is C14H16N2O2. The van der Waals surface area contributed by atoms with Crippen LogP contribution < -0.4 is 11.1 Å². The van der Waals surface area contributed by atoms with Crippen LogP contribution in [0.1, 0.15) is 34.6 Å². The predicted octanol–water partition coefficient (Wildman–Crippen LogP) is 2.66. The molecule has 1 atom stereocenters. The molecule has 3 N–H and O–H groups in total. The van der Waals surface area contributed by atoms with Crippen LogP contribution in [0.3, 0.4) is 0 Å². The molecule has 0 radical (unpaired) electrons.